The van der Waals surface area contributed by atoms with Crippen LogP contribution < -0.4 is 0 Å². The van der Waals surface area contributed by atoms with Crippen LogP contribution in [0.1, 0.15) is 20.3 Å². The maximum Gasteiger partial charge on any atom is 0.227 e. The molecule has 0 bridgehead atoms. The van der Waals surface area contributed by atoms with Crippen molar-refractivity contribution in [2.75, 3.05) is 20.6 Å². The maximum atomic E-state index is 11.6. The second kappa shape index (κ2) is 3.98. The largest absolute Gasteiger partial charge is 0.349 e. The standard InChI is InChI=1S/C10H18N2O2/c1-7(2)12-6-8(5-9(12)13)10(14)11(3)4/h7-8H,5-6H2,1-4H3. The zero-order valence-electron chi connectivity index (χ0n) is 9.28. The van der Waals surface area contributed by atoms with Crippen LogP contribution in [0.4, 0.5) is 0 Å². The minimum absolute atomic E-state index is 0.0569. The van der Waals surface area contributed by atoms with Gasteiger partial charge in [0, 0.05) is 33.1 Å². The molecule has 4 heteroatoms. The van der Waals surface area contributed by atoms with Crippen LogP contribution in [0.15, 0.2) is 0 Å². The Labute approximate surface area is 84.9 Å². The Balaban J connectivity index is 2.63. The van der Waals surface area contributed by atoms with Crippen LogP contribution in [0.25, 0.3) is 0 Å². The lowest BCUT2D eigenvalue weighted by molar-refractivity contribution is -0.133. The number of rotatable bonds is 2. The fraction of sp³-hybridized carbons (Fsp3) is 0.800. The Morgan fingerprint density at radius 2 is 2.07 bits per heavy atom. The van der Waals surface area contributed by atoms with Crippen molar-refractivity contribution in [1.29, 1.82) is 0 Å². The number of hydrogen-bond donors (Lipinski definition) is 0. The van der Waals surface area contributed by atoms with Gasteiger partial charge >= 0.3 is 0 Å². The number of amides is 2. The number of likely N-dealkylation sites (tertiary alicyclic amines) is 1. The summed E-state index contributed by atoms with van der Waals surface area (Å²) in [6, 6.07) is 0.197. The van der Waals surface area contributed by atoms with E-state index in [-0.39, 0.29) is 23.8 Å². The number of hydrogen-bond acceptors (Lipinski definition) is 2. The first-order chi connectivity index (χ1) is 6.43. The van der Waals surface area contributed by atoms with Crippen molar-refractivity contribution in [2.45, 2.75) is 26.3 Å². The fourth-order valence-corrected chi connectivity index (χ4v) is 1.76. The van der Waals surface area contributed by atoms with Crippen LogP contribution in [0.3, 0.4) is 0 Å². The summed E-state index contributed by atoms with van der Waals surface area (Å²) in [4.78, 5) is 26.4. The third-order valence-corrected chi connectivity index (χ3v) is 2.57. The van der Waals surface area contributed by atoms with Gasteiger partial charge < -0.3 is 9.80 Å². The molecule has 0 radical (unpaired) electrons. The van der Waals surface area contributed by atoms with Crippen molar-refractivity contribution in [3.8, 4) is 0 Å². The van der Waals surface area contributed by atoms with Crippen molar-refractivity contribution in [3.05, 3.63) is 0 Å². The van der Waals surface area contributed by atoms with E-state index in [4.69, 9.17) is 0 Å². The molecule has 1 aliphatic heterocycles. The molecule has 0 saturated carbocycles. The summed E-state index contributed by atoms with van der Waals surface area (Å²) in [5, 5.41) is 0. The van der Waals surface area contributed by atoms with Crippen molar-refractivity contribution >= 4 is 11.8 Å². The second-order valence-corrected chi connectivity index (χ2v) is 4.27. The molecule has 14 heavy (non-hydrogen) atoms. The minimum atomic E-state index is -0.139. The molecule has 0 spiro atoms. The summed E-state index contributed by atoms with van der Waals surface area (Å²) in [6.07, 6.45) is 0.370. The van der Waals surface area contributed by atoms with Gasteiger partial charge in [0.2, 0.25) is 11.8 Å². The van der Waals surface area contributed by atoms with Crippen molar-refractivity contribution in [3.63, 3.8) is 0 Å². The molecular weight excluding hydrogens is 180 g/mol. The molecular formula is C10H18N2O2. The minimum Gasteiger partial charge on any atom is -0.349 e. The topological polar surface area (TPSA) is 40.6 Å². The Kier molecular flexibility index (Phi) is 3.13. The van der Waals surface area contributed by atoms with Gasteiger partial charge in [-0.1, -0.05) is 0 Å². The molecule has 0 N–H and O–H groups in total. The summed E-state index contributed by atoms with van der Waals surface area (Å²) < 4.78 is 0. The molecule has 1 rings (SSSR count). The highest BCUT2D eigenvalue weighted by molar-refractivity contribution is 5.89. The van der Waals surface area contributed by atoms with E-state index in [0.29, 0.717) is 13.0 Å². The third-order valence-electron chi connectivity index (χ3n) is 2.57. The SMILES string of the molecule is CC(C)N1CC(C(=O)N(C)C)CC1=O. The van der Waals surface area contributed by atoms with E-state index in [0.717, 1.165) is 0 Å². The molecule has 1 fully saturated rings. The van der Waals surface area contributed by atoms with Crippen LogP contribution in [0, 0.1) is 5.92 Å². The van der Waals surface area contributed by atoms with E-state index in [1.54, 1.807) is 23.9 Å². The Morgan fingerprint density at radius 1 is 1.50 bits per heavy atom. The zero-order chi connectivity index (χ0) is 10.9. The molecule has 1 unspecified atom stereocenters. The normalized spacial score (nSPS) is 21.9. The van der Waals surface area contributed by atoms with Crippen LogP contribution in [0.5, 0.6) is 0 Å². The van der Waals surface area contributed by atoms with Crippen LogP contribution >= 0.6 is 0 Å². The monoisotopic (exact) mass is 198 g/mol. The lowest BCUT2D eigenvalue weighted by Gasteiger charge is -2.21. The van der Waals surface area contributed by atoms with E-state index in [1.165, 1.54) is 0 Å². The number of carbonyl (C=O) groups is 2. The zero-order valence-corrected chi connectivity index (χ0v) is 9.28. The molecule has 1 saturated heterocycles. The Hall–Kier alpha value is -1.06. The molecule has 0 aromatic heterocycles. The first-order valence-corrected chi connectivity index (χ1v) is 4.94. The molecule has 80 valence electrons. The summed E-state index contributed by atoms with van der Waals surface area (Å²) in [5.74, 6) is 0.0154. The highest BCUT2D eigenvalue weighted by Crippen LogP contribution is 2.21. The summed E-state index contributed by atoms with van der Waals surface area (Å²) >= 11 is 0. The van der Waals surface area contributed by atoms with Crippen LogP contribution in [-0.4, -0.2) is 48.3 Å². The van der Waals surface area contributed by atoms with Gasteiger partial charge in [-0.2, -0.15) is 0 Å². The predicted octanol–water partition coefficient (Wildman–Crippen LogP) is 0.331. The molecule has 0 aromatic carbocycles. The Bertz CT molecular complexity index is 249. The molecule has 1 atom stereocenters. The molecule has 0 aromatic rings. The molecule has 1 aliphatic rings. The van der Waals surface area contributed by atoms with Crippen LogP contribution in [0.2, 0.25) is 0 Å². The second-order valence-electron chi connectivity index (χ2n) is 4.27. The number of nitrogens with zero attached hydrogens (tertiary/aromatic N) is 2. The van der Waals surface area contributed by atoms with E-state index in [1.807, 2.05) is 13.8 Å². The molecule has 1 heterocycles. The van der Waals surface area contributed by atoms with Gasteiger partial charge in [0.25, 0.3) is 0 Å². The van der Waals surface area contributed by atoms with E-state index >= 15 is 0 Å². The highest BCUT2D eigenvalue weighted by atomic mass is 16.2. The van der Waals surface area contributed by atoms with Crippen molar-refractivity contribution in [2.24, 2.45) is 5.92 Å². The quantitative estimate of drug-likeness (QED) is 0.641. The smallest absolute Gasteiger partial charge is 0.227 e. The highest BCUT2D eigenvalue weighted by Gasteiger charge is 2.35. The molecule has 4 nitrogen and oxygen atoms in total. The van der Waals surface area contributed by atoms with Crippen LogP contribution in [-0.2, 0) is 9.59 Å². The van der Waals surface area contributed by atoms with Gasteiger partial charge in [0.05, 0.1) is 5.92 Å². The van der Waals surface area contributed by atoms with Gasteiger partial charge in [-0.3, -0.25) is 9.59 Å². The first-order valence-electron chi connectivity index (χ1n) is 4.94. The van der Waals surface area contributed by atoms with Gasteiger partial charge in [0.1, 0.15) is 0 Å². The average Bonchev–Trinajstić information content (AvgIpc) is 2.45. The number of carbonyl (C=O) groups excluding carboxylic acids is 2. The van der Waals surface area contributed by atoms with Crippen molar-refractivity contribution in [1.82, 2.24) is 9.80 Å². The maximum absolute atomic E-state index is 11.6. The molecule has 0 aliphatic carbocycles. The predicted molar refractivity (Wildman–Crippen MR) is 53.7 cm³/mol. The summed E-state index contributed by atoms with van der Waals surface area (Å²) in [7, 11) is 3.45. The summed E-state index contributed by atoms with van der Waals surface area (Å²) in [6.45, 7) is 4.52. The van der Waals surface area contributed by atoms with Gasteiger partial charge in [-0.25, -0.2) is 0 Å². The Morgan fingerprint density at radius 3 is 2.43 bits per heavy atom. The summed E-state index contributed by atoms with van der Waals surface area (Å²) in [5.41, 5.74) is 0. The molecule has 2 amide bonds. The first kappa shape index (κ1) is 11.0. The van der Waals surface area contributed by atoms with Gasteiger partial charge in [-0.05, 0) is 13.8 Å². The van der Waals surface area contributed by atoms with Gasteiger partial charge in [0.15, 0.2) is 0 Å². The third kappa shape index (κ3) is 2.05. The fourth-order valence-electron chi connectivity index (χ4n) is 1.76. The average molecular weight is 198 g/mol. The lowest BCUT2D eigenvalue weighted by atomic mass is 10.1. The van der Waals surface area contributed by atoms with Crippen molar-refractivity contribution < 1.29 is 9.59 Å². The van der Waals surface area contributed by atoms with E-state index in [9.17, 15) is 9.59 Å². The van der Waals surface area contributed by atoms with Gasteiger partial charge in [-0.15, -0.1) is 0 Å². The van der Waals surface area contributed by atoms with E-state index < -0.39 is 0 Å². The lowest BCUT2D eigenvalue weighted by Crippen LogP contribution is -2.35. The van der Waals surface area contributed by atoms with E-state index in [2.05, 4.69) is 0 Å².